The number of fused-ring (bicyclic) bond motifs is 1. The first-order valence-corrected chi connectivity index (χ1v) is 9.87. The summed E-state index contributed by atoms with van der Waals surface area (Å²) in [6.45, 7) is 3.94. The summed E-state index contributed by atoms with van der Waals surface area (Å²) in [4.78, 5) is 28.9. The van der Waals surface area contributed by atoms with E-state index < -0.39 is 6.55 Å². The lowest BCUT2D eigenvalue weighted by Gasteiger charge is -2.30. The zero-order chi connectivity index (χ0) is 20.9. The zero-order valence-electron chi connectivity index (χ0n) is 16.8. The molecule has 0 spiro atoms. The largest absolute Gasteiger partial charge is 0.337 e. The molecule has 0 N–H and O–H groups in total. The Kier molecular flexibility index (Phi) is 4.92. The summed E-state index contributed by atoms with van der Waals surface area (Å²) in [5.74, 6) is -0.109. The van der Waals surface area contributed by atoms with E-state index in [2.05, 4.69) is 0 Å². The Hall–Kier alpha value is -2.70. The van der Waals surface area contributed by atoms with Crippen LogP contribution in [0.2, 0.25) is 0 Å². The van der Waals surface area contributed by atoms with E-state index in [-0.39, 0.29) is 35.4 Å². The van der Waals surface area contributed by atoms with E-state index in [1.165, 1.54) is 6.07 Å². The molecule has 1 aromatic heterocycles. The Morgan fingerprint density at radius 1 is 1.03 bits per heavy atom. The van der Waals surface area contributed by atoms with E-state index in [0.29, 0.717) is 25.3 Å². The lowest BCUT2D eigenvalue weighted by atomic mass is 9.87. The van der Waals surface area contributed by atoms with Gasteiger partial charge in [0.15, 0.2) is 0 Å². The van der Waals surface area contributed by atoms with Crippen molar-refractivity contribution in [2.24, 2.45) is 11.8 Å². The summed E-state index contributed by atoms with van der Waals surface area (Å²) in [6, 6.07) is 10.9. The molecule has 29 heavy (non-hydrogen) atoms. The molecule has 3 heterocycles. The van der Waals surface area contributed by atoms with Crippen LogP contribution in [0.15, 0.2) is 36.4 Å². The number of rotatable bonds is 3. The fraction of sp³-hybridized carbons (Fsp3) is 0.455. The quantitative estimate of drug-likeness (QED) is 0.786. The van der Waals surface area contributed by atoms with E-state index >= 15 is 0 Å². The molecular formula is C22H25F2N3O2. The molecule has 4 rings (SSSR count). The van der Waals surface area contributed by atoms with Gasteiger partial charge in [0.2, 0.25) is 5.91 Å². The van der Waals surface area contributed by atoms with Crippen LogP contribution in [0.3, 0.4) is 0 Å². The summed E-state index contributed by atoms with van der Waals surface area (Å²) in [5.41, 5.74) is 2.59. The molecule has 154 valence electrons. The van der Waals surface area contributed by atoms with E-state index in [9.17, 15) is 18.4 Å². The van der Waals surface area contributed by atoms with Crippen LogP contribution in [0.5, 0.6) is 0 Å². The third kappa shape index (κ3) is 3.22. The van der Waals surface area contributed by atoms with Crippen LogP contribution in [0, 0.1) is 25.7 Å². The van der Waals surface area contributed by atoms with Crippen molar-refractivity contribution in [3.63, 3.8) is 0 Å². The lowest BCUT2D eigenvalue weighted by Crippen LogP contribution is -2.37. The van der Waals surface area contributed by atoms with Crippen molar-refractivity contribution < 1.29 is 18.4 Å². The van der Waals surface area contributed by atoms with Gasteiger partial charge in [0.05, 0.1) is 6.04 Å². The van der Waals surface area contributed by atoms with Crippen molar-refractivity contribution in [2.45, 2.75) is 33.4 Å². The molecule has 2 aliphatic rings. The van der Waals surface area contributed by atoms with Gasteiger partial charge in [-0.1, -0.05) is 24.3 Å². The summed E-state index contributed by atoms with van der Waals surface area (Å²) in [6.07, 6.45) is 0. The van der Waals surface area contributed by atoms with Gasteiger partial charge in [-0.05, 0) is 37.1 Å². The number of aryl methyl sites for hydroxylation is 2. The normalized spacial score (nSPS) is 23.7. The number of carbonyl (C=O) groups is 2. The first kappa shape index (κ1) is 19.6. The number of halogens is 2. The second-order valence-electron chi connectivity index (χ2n) is 8.11. The number of likely N-dealkylation sites (tertiary alicyclic amines) is 2. The second-order valence-corrected chi connectivity index (χ2v) is 8.11. The average Bonchev–Trinajstić information content (AvgIpc) is 3.33. The maximum absolute atomic E-state index is 13.4. The predicted molar refractivity (Wildman–Crippen MR) is 105 cm³/mol. The first-order valence-electron chi connectivity index (χ1n) is 9.87. The molecule has 0 saturated carbocycles. The van der Waals surface area contributed by atoms with Crippen molar-refractivity contribution in [2.75, 3.05) is 19.6 Å². The van der Waals surface area contributed by atoms with Crippen LogP contribution in [0.4, 0.5) is 8.78 Å². The summed E-state index contributed by atoms with van der Waals surface area (Å²) in [7, 11) is 0. The Labute approximate surface area is 168 Å². The summed E-state index contributed by atoms with van der Waals surface area (Å²) in [5, 5.41) is 0. The Balaban J connectivity index is 1.62. The molecule has 5 nitrogen and oxygen atoms in total. The van der Waals surface area contributed by atoms with E-state index in [1.807, 2.05) is 36.1 Å². The number of amides is 2. The third-order valence-corrected chi connectivity index (χ3v) is 6.40. The van der Waals surface area contributed by atoms with Crippen molar-refractivity contribution in [1.29, 1.82) is 0 Å². The van der Waals surface area contributed by atoms with Crippen LogP contribution in [0.25, 0.3) is 0 Å². The molecule has 0 bridgehead atoms. The molecule has 1 aromatic carbocycles. The lowest BCUT2D eigenvalue weighted by molar-refractivity contribution is -0.130. The van der Waals surface area contributed by atoms with Gasteiger partial charge in [-0.25, -0.2) is 0 Å². The van der Waals surface area contributed by atoms with Crippen molar-refractivity contribution in [3.05, 3.63) is 58.9 Å². The van der Waals surface area contributed by atoms with E-state index in [0.717, 1.165) is 15.7 Å². The van der Waals surface area contributed by atoms with Gasteiger partial charge >= 0.3 is 6.55 Å². The molecule has 0 unspecified atom stereocenters. The van der Waals surface area contributed by atoms with Crippen LogP contribution in [-0.4, -0.2) is 45.8 Å². The maximum atomic E-state index is 13.4. The molecule has 2 aliphatic heterocycles. The first-order chi connectivity index (χ1) is 13.8. The molecular weight excluding hydrogens is 376 g/mol. The molecule has 3 atom stereocenters. The molecule has 7 heteroatoms. The zero-order valence-corrected chi connectivity index (χ0v) is 16.8. The van der Waals surface area contributed by atoms with Crippen molar-refractivity contribution >= 4 is 11.8 Å². The fourth-order valence-corrected chi connectivity index (χ4v) is 5.00. The molecule has 2 aromatic rings. The SMILES string of the molecule is CC(=O)N1C[C@H]2CN(C(=O)c3ccc(C)n3C(F)F)C[C@H]2[C@@H]1c1ccccc1C. The highest BCUT2D eigenvalue weighted by Gasteiger charge is 2.50. The van der Waals surface area contributed by atoms with Gasteiger partial charge in [-0.15, -0.1) is 0 Å². The van der Waals surface area contributed by atoms with Gasteiger partial charge in [0.1, 0.15) is 5.69 Å². The number of aromatic nitrogens is 1. The monoisotopic (exact) mass is 401 g/mol. The van der Waals surface area contributed by atoms with Crippen molar-refractivity contribution in [3.8, 4) is 0 Å². The predicted octanol–water partition coefficient (Wildman–Crippen LogP) is 3.79. The van der Waals surface area contributed by atoms with Crippen LogP contribution < -0.4 is 0 Å². The highest BCUT2D eigenvalue weighted by atomic mass is 19.3. The molecule has 0 aliphatic carbocycles. The molecule has 0 radical (unpaired) electrons. The van der Waals surface area contributed by atoms with Gasteiger partial charge in [-0.2, -0.15) is 8.78 Å². The Morgan fingerprint density at radius 3 is 2.41 bits per heavy atom. The number of hydrogen-bond acceptors (Lipinski definition) is 2. The summed E-state index contributed by atoms with van der Waals surface area (Å²) < 4.78 is 27.6. The minimum Gasteiger partial charge on any atom is -0.337 e. The molecule has 2 amide bonds. The molecule has 2 saturated heterocycles. The van der Waals surface area contributed by atoms with Gasteiger partial charge < -0.3 is 9.80 Å². The van der Waals surface area contributed by atoms with Gasteiger partial charge in [0.25, 0.3) is 5.91 Å². The van der Waals surface area contributed by atoms with Gasteiger partial charge in [-0.3, -0.25) is 14.2 Å². The van der Waals surface area contributed by atoms with E-state index in [4.69, 9.17) is 0 Å². The third-order valence-electron chi connectivity index (χ3n) is 6.40. The highest BCUT2D eigenvalue weighted by Crippen LogP contribution is 2.46. The minimum absolute atomic E-state index is 0.0210. The van der Waals surface area contributed by atoms with Crippen LogP contribution in [-0.2, 0) is 4.79 Å². The average molecular weight is 401 g/mol. The molecule has 2 fully saturated rings. The smallest absolute Gasteiger partial charge is 0.319 e. The minimum atomic E-state index is -2.75. The van der Waals surface area contributed by atoms with Gasteiger partial charge in [0, 0.05) is 44.1 Å². The number of benzene rings is 1. The number of nitrogens with zero attached hydrogens (tertiary/aromatic N) is 3. The van der Waals surface area contributed by atoms with Crippen LogP contribution in [0.1, 0.15) is 46.8 Å². The van der Waals surface area contributed by atoms with E-state index in [1.54, 1.807) is 24.8 Å². The van der Waals surface area contributed by atoms with Crippen molar-refractivity contribution in [1.82, 2.24) is 14.4 Å². The number of carbonyl (C=O) groups excluding carboxylic acids is 2. The number of hydrogen-bond donors (Lipinski definition) is 0. The Morgan fingerprint density at radius 2 is 1.76 bits per heavy atom. The standard InChI is InChI=1S/C22H25F2N3O2/c1-13-6-4-5-7-17(13)20-18-12-25(10-16(18)11-26(20)15(3)28)21(29)19-9-8-14(2)27(19)22(23)24/h4-9,16,18,20,22H,10-12H2,1-3H3/t16-,18-,20+/m1/s1. The maximum Gasteiger partial charge on any atom is 0.319 e. The second kappa shape index (κ2) is 7.28. The van der Waals surface area contributed by atoms with Crippen LogP contribution >= 0.6 is 0 Å². The highest BCUT2D eigenvalue weighted by molar-refractivity contribution is 5.93. The fourth-order valence-electron chi connectivity index (χ4n) is 5.00. The number of alkyl halides is 2. The topological polar surface area (TPSA) is 45.6 Å². The summed E-state index contributed by atoms with van der Waals surface area (Å²) >= 11 is 0. The Bertz CT molecular complexity index is 955.